The number of ether oxygens (including phenoxy) is 3. The number of benzene rings is 2. The van der Waals surface area contributed by atoms with Gasteiger partial charge >= 0.3 is 17.9 Å². The molecule has 0 fully saturated rings. The Morgan fingerprint density at radius 3 is 2.03 bits per heavy atom. The zero-order valence-corrected chi connectivity index (χ0v) is 17.5. The summed E-state index contributed by atoms with van der Waals surface area (Å²) in [6, 6.07) is 17.3. The molecule has 3 rings (SSSR count). The Hall–Kier alpha value is -3.87. The molecule has 0 radical (unpaired) electrons. The molecule has 7 nitrogen and oxygen atoms in total. The van der Waals surface area contributed by atoms with Crippen molar-refractivity contribution in [3.05, 3.63) is 95.7 Å². The lowest BCUT2D eigenvalue weighted by atomic mass is 9.89. The van der Waals surface area contributed by atoms with Crippen LogP contribution in [0.15, 0.2) is 84.6 Å². The summed E-state index contributed by atoms with van der Waals surface area (Å²) in [6.07, 6.45) is 4.18. The van der Waals surface area contributed by atoms with Crippen LogP contribution in [-0.4, -0.2) is 44.1 Å². The van der Waals surface area contributed by atoms with Gasteiger partial charge in [0.05, 0.1) is 32.9 Å². The summed E-state index contributed by atoms with van der Waals surface area (Å²) in [5.74, 6) is -1.81. The van der Waals surface area contributed by atoms with Gasteiger partial charge in [0.15, 0.2) is 5.54 Å². The number of carbonyl (C=O) groups is 3. The minimum Gasteiger partial charge on any atom is -0.467 e. The summed E-state index contributed by atoms with van der Waals surface area (Å²) in [5, 5.41) is 0. The van der Waals surface area contributed by atoms with Crippen LogP contribution in [0.3, 0.4) is 0 Å². The van der Waals surface area contributed by atoms with Crippen molar-refractivity contribution in [1.82, 2.24) is 4.90 Å². The van der Waals surface area contributed by atoms with E-state index in [1.807, 2.05) is 36.4 Å². The molecule has 31 heavy (non-hydrogen) atoms. The monoisotopic (exact) mass is 421 g/mol. The molecule has 0 N–H and O–H groups in total. The van der Waals surface area contributed by atoms with E-state index in [0.717, 1.165) is 5.56 Å². The third-order valence-electron chi connectivity index (χ3n) is 5.16. The van der Waals surface area contributed by atoms with Crippen molar-refractivity contribution in [3.8, 4) is 0 Å². The molecule has 1 aliphatic rings. The first-order valence-corrected chi connectivity index (χ1v) is 9.54. The molecule has 0 saturated heterocycles. The fraction of sp³-hybridized carbons (Fsp3) is 0.208. The van der Waals surface area contributed by atoms with Gasteiger partial charge in [-0.2, -0.15) is 0 Å². The fourth-order valence-electron chi connectivity index (χ4n) is 3.77. The Bertz CT molecular complexity index is 1010. The van der Waals surface area contributed by atoms with Crippen LogP contribution in [0.25, 0.3) is 0 Å². The maximum Gasteiger partial charge on any atom is 0.340 e. The highest BCUT2D eigenvalue weighted by atomic mass is 16.5. The molecule has 0 unspecified atom stereocenters. The second-order valence-electron chi connectivity index (χ2n) is 6.77. The van der Waals surface area contributed by atoms with E-state index in [9.17, 15) is 14.4 Å². The van der Waals surface area contributed by atoms with Crippen LogP contribution in [0.4, 0.5) is 0 Å². The maximum absolute atomic E-state index is 13.3. The third-order valence-corrected chi connectivity index (χ3v) is 5.16. The lowest BCUT2D eigenvalue weighted by Crippen LogP contribution is -2.47. The van der Waals surface area contributed by atoms with Crippen molar-refractivity contribution < 1.29 is 28.6 Å². The third kappa shape index (κ3) is 3.94. The average molecular weight is 421 g/mol. The van der Waals surface area contributed by atoms with Gasteiger partial charge in [0.1, 0.15) is 0 Å². The number of nitrogens with zero attached hydrogens (tertiary/aromatic N) is 1. The quantitative estimate of drug-likeness (QED) is 0.403. The van der Waals surface area contributed by atoms with E-state index in [4.69, 9.17) is 14.2 Å². The van der Waals surface area contributed by atoms with E-state index in [1.54, 1.807) is 35.2 Å². The Labute approximate surface area is 180 Å². The lowest BCUT2D eigenvalue weighted by Gasteiger charge is -2.39. The zero-order chi connectivity index (χ0) is 22.4. The average Bonchev–Trinajstić information content (AvgIpc) is 3.18. The van der Waals surface area contributed by atoms with Crippen LogP contribution < -0.4 is 0 Å². The Kier molecular flexibility index (Phi) is 6.55. The molecule has 2 aromatic rings. The Balaban J connectivity index is 2.33. The summed E-state index contributed by atoms with van der Waals surface area (Å²) < 4.78 is 14.9. The topological polar surface area (TPSA) is 82.1 Å². The van der Waals surface area contributed by atoms with Gasteiger partial charge in [-0.3, -0.25) is 0 Å². The Morgan fingerprint density at radius 1 is 0.871 bits per heavy atom. The molecular weight excluding hydrogens is 398 g/mol. The van der Waals surface area contributed by atoms with Crippen LogP contribution in [-0.2, 0) is 34.1 Å². The minimum atomic E-state index is -1.51. The molecule has 0 bridgehead atoms. The molecular formula is C24H23NO6. The van der Waals surface area contributed by atoms with Crippen molar-refractivity contribution in [3.63, 3.8) is 0 Å². The van der Waals surface area contributed by atoms with Crippen molar-refractivity contribution in [2.45, 2.75) is 11.6 Å². The smallest absolute Gasteiger partial charge is 0.340 e. The van der Waals surface area contributed by atoms with E-state index in [0.29, 0.717) is 5.56 Å². The van der Waals surface area contributed by atoms with E-state index in [-0.39, 0.29) is 5.57 Å². The Morgan fingerprint density at radius 2 is 1.48 bits per heavy atom. The number of carbonyl (C=O) groups excluding carboxylic acids is 3. The van der Waals surface area contributed by atoms with Crippen molar-refractivity contribution in [2.75, 3.05) is 21.3 Å². The summed E-state index contributed by atoms with van der Waals surface area (Å²) in [4.78, 5) is 39.6. The molecule has 2 aromatic carbocycles. The molecule has 0 spiro atoms. The van der Waals surface area contributed by atoms with Gasteiger partial charge in [0, 0.05) is 12.3 Å². The SMILES string of the molecule is COC(=O)/C=C/N1[C@@H](c2ccccc2)C(C(=O)OC)=C[C@]1(C(=O)OC)c1ccccc1. The second kappa shape index (κ2) is 9.30. The second-order valence-corrected chi connectivity index (χ2v) is 6.77. The van der Waals surface area contributed by atoms with Crippen LogP contribution in [0.2, 0.25) is 0 Å². The predicted molar refractivity (Wildman–Crippen MR) is 112 cm³/mol. The van der Waals surface area contributed by atoms with Crippen LogP contribution in [0.1, 0.15) is 17.2 Å². The highest BCUT2D eigenvalue weighted by Gasteiger charge is 2.54. The molecule has 160 valence electrons. The van der Waals surface area contributed by atoms with Gasteiger partial charge < -0.3 is 19.1 Å². The summed E-state index contributed by atoms with van der Waals surface area (Å²) in [5.41, 5.74) is 0.0360. The van der Waals surface area contributed by atoms with Gasteiger partial charge in [-0.05, 0) is 17.2 Å². The highest BCUT2D eigenvalue weighted by Crippen LogP contribution is 2.48. The van der Waals surface area contributed by atoms with Crippen molar-refractivity contribution >= 4 is 17.9 Å². The number of methoxy groups -OCH3 is 3. The van der Waals surface area contributed by atoms with Gasteiger partial charge in [-0.1, -0.05) is 60.7 Å². The molecule has 1 aliphatic heterocycles. The first kappa shape index (κ1) is 21.8. The highest BCUT2D eigenvalue weighted by molar-refractivity contribution is 5.96. The van der Waals surface area contributed by atoms with Crippen LogP contribution >= 0.6 is 0 Å². The summed E-state index contributed by atoms with van der Waals surface area (Å²) in [6.45, 7) is 0. The first-order chi connectivity index (χ1) is 15.0. The molecule has 0 aromatic heterocycles. The standard InChI is InChI=1S/C24H23NO6/c1-29-20(26)14-15-25-21(17-10-6-4-7-11-17)19(22(27)30-2)16-24(25,23(28)31-3)18-12-8-5-9-13-18/h4-16,21H,1-3H3/b15-14+/t21-,24+/m0/s1. The molecule has 0 amide bonds. The maximum atomic E-state index is 13.3. The molecule has 7 heteroatoms. The van der Waals surface area contributed by atoms with Crippen molar-refractivity contribution in [2.24, 2.45) is 0 Å². The number of hydrogen-bond acceptors (Lipinski definition) is 7. The normalized spacial score (nSPS) is 20.3. The number of rotatable bonds is 6. The molecule has 1 heterocycles. The largest absolute Gasteiger partial charge is 0.467 e. The van der Waals surface area contributed by atoms with Crippen molar-refractivity contribution in [1.29, 1.82) is 0 Å². The van der Waals surface area contributed by atoms with Crippen LogP contribution in [0, 0.1) is 0 Å². The number of esters is 3. The van der Waals surface area contributed by atoms with E-state index in [1.165, 1.54) is 33.6 Å². The minimum absolute atomic E-state index is 0.248. The number of hydrogen-bond donors (Lipinski definition) is 0. The van der Waals surface area contributed by atoms with Crippen LogP contribution in [0.5, 0.6) is 0 Å². The van der Waals surface area contributed by atoms with E-state index >= 15 is 0 Å². The van der Waals surface area contributed by atoms with E-state index < -0.39 is 29.5 Å². The summed E-state index contributed by atoms with van der Waals surface area (Å²) in [7, 11) is 3.81. The van der Waals surface area contributed by atoms with Gasteiger partial charge in [0.25, 0.3) is 0 Å². The molecule has 2 atom stereocenters. The van der Waals surface area contributed by atoms with E-state index in [2.05, 4.69) is 0 Å². The fourth-order valence-corrected chi connectivity index (χ4v) is 3.77. The zero-order valence-electron chi connectivity index (χ0n) is 17.5. The first-order valence-electron chi connectivity index (χ1n) is 9.54. The summed E-state index contributed by atoms with van der Waals surface area (Å²) >= 11 is 0. The molecule has 0 saturated carbocycles. The van der Waals surface area contributed by atoms with Gasteiger partial charge in [-0.15, -0.1) is 0 Å². The van der Waals surface area contributed by atoms with Gasteiger partial charge in [-0.25, -0.2) is 14.4 Å². The lowest BCUT2D eigenvalue weighted by molar-refractivity contribution is -0.151. The molecule has 0 aliphatic carbocycles. The van der Waals surface area contributed by atoms with Gasteiger partial charge in [0.2, 0.25) is 0 Å². The predicted octanol–water partition coefficient (Wildman–Crippen LogP) is 2.90.